The molecule has 0 saturated carbocycles. The van der Waals surface area contributed by atoms with Gasteiger partial charge in [0.15, 0.2) is 5.78 Å². The predicted octanol–water partition coefficient (Wildman–Crippen LogP) is 3.07. The van der Waals surface area contributed by atoms with Crippen molar-refractivity contribution in [2.45, 2.75) is 20.8 Å². The molecule has 2 aromatic rings. The molecular weight excluding hydrogens is 282 g/mol. The second-order valence-corrected chi connectivity index (χ2v) is 5.11. The van der Waals surface area contributed by atoms with Gasteiger partial charge in [-0.05, 0) is 44.0 Å². The summed E-state index contributed by atoms with van der Waals surface area (Å²) in [7, 11) is 0. The van der Waals surface area contributed by atoms with E-state index < -0.39 is 5.97 Å². The lowest BCUT2D eigenvalue weighted by molar-refractivity contribution is 0.0444. The summed E-state index contributed by atoms with van der Waals surface area (Å²) >= 11 is 0. The van der Waals surface area contributed by atoms with E-state index in [1.54, 1.807) is 0 Å². The first-order chi connectivity index (χ1) is 10.5. The lowest BCUT2D eigenvalue weighted by atomic mass is 10.1. The van der Waals surface area contributed by atoms with Crippen molar-refractivity contribution < 1.29 is 19.1 Å². The Hall–Kier alpha value is -2.56. The Morgan fingerprint density at radius 1 is 1.14 bits per heavy atom. The van der Waals surface area contributed by atoms with Crippen molar-refractivity contribution in [1.29, 1.82) is 0 Å². The Balaban J connectivity index is 1.81. The van der Waals surface area contributed by atoms with Gasteiger partial charge in [0.25, 0.3) is 0 Å². The number of hydrogen-bond donors (Lipinski definition) is 1. The summed E-state index contributed by atoms with van der Waals surface area (Å²) in [5, 5.41) is 0. The van der Waals surface area contributed by atoms with E-state index in [0.29, 0.717) is 5.56 Å². The van der Waals surface area contributed by atoms with Crippen molar-refractivity contribution in [1.82, 2.24) is 4.98 Å². The molecule has 2 rings (SSSR count). The molecule has 22 heavy (non-hydrogen) atoms. The van der Waals surface area contributed by atoms with Crippen molar-refractivity contribution in [3.8, 4) is 5.75 Å². The van der Waals surface area contributed by atoms with Crippen LogP contribution < -0.4 is 4.74 Å². The molecule has 0 aliphatic rings. The number of rotatable bonds is 6. The van der Waals surface area contributed by atoms with Crippen molar-refractivity contribution >= 4 is 11.8 Å². The van der Waals surface area contributed by atoms with Gasteiger partial charge in [-0.25, -0.2) is 4.79 Å². The third-order valence-electron chi connectivity index (χ3n) is 3.23. The molecule has 1 heterocycles. The van der Waals surface area contributed by atoms with Crippen LogP contribution in [0.3, 0.4) is 0 Å². The highest BCUT2D eigenvalue weighted by molar-refractivity contribution is 5.97. The molecular formula is C17H19NO4. The number of benzene rings is 1. The molecule has 116 valence electrons. The maximum Gasteiger partial charge on any atom is 0.354 e. The van der Waals surface area contributed by atoms with E-state index in [-0.39, 0.29) is 24.7 Å². The lowest BCUT2D eigenvalue weighted by Gasteiger charge is -2.10. The minimum Gasteiger partial charge on any atom is -0.490 e. The van der Waals surface area contributed by atoms with Gasteiger partial charge in [0.2, 0.25) is 0 Å². The number of ether oxygens (including phenoxy) is 2. The average molecular weight is 301 g/mol. The van der Waals surface area contributed by atoms with E-state index in [1.807, 2.05) is 32.0 Å². The maximum atomic E-state index is 11.8. The Kier molecular flexibility index (Phi) is 4.99. The zero-order chi connectivity index (χ0) is 16.1. The standard InChI is InChI=1S/C17H19NO4/c1-11-4-5-12(2)16(8-11)21-6-7-22-17(20)15-9-14(10-18-15)13(3)19/h4-5,8-10,18H,6-7H2,1-3H3. The number of nitrogens with one attached hydrogen (secondary N) is 1. The Labute approximate surface area is 129 Å². The van der Waals surface area contributed by atoms with Gasteiger partial charge in [0.1, 0.15) is 24.7 Å². The van der Waals surface area contributed by atoms with Crippen LogP contribution in [0.1, 0.15) is 38.9 Å². The van der Waals surface area contributed by atoms with Gasteiger partial charge in [-0.1, -0.05) is 12.1 Å². The molecule has 0 amide bonds. The molecule has 0 aliphatic heterocycles. The summed E-state index contributed by atoms with van der Waals surface area (Å²) in [6.07, 6.45) is 1.49. The minimum absolute atomic E-state index is 0.103. The molecule has 1 aromatic carbocycles. The van der Waals surface area contributed by atoms with Crippen LogP contribution in [-0.4, -0.2) is 30.0 Å². The molecule has 0 radical (unpaired) electrons. The highest BCUT2D eigenvalue weighted by atomic mass is 16.6. The number of H-pyrrole nitrogens is 1. The maximum absolute atomic E-state index is 11.8. The first-order valence-corrected chi connectivity index (χ1v) is 7.04. The van der Waals surface area contributed by atoms with E-state index in [0.717, 1.165) is 16.9 Å². The normalized spacial score (nSPS) is 10.3. The first kappa shape index (κ1) is 15.8. The molecule has 0 aliphatic carbocycles. The Morgan fingerprint density at radius 3 is 2.59 bits per heavy atom. The third-order valence-corrected chi connectivity index (χ3v) is 3.23. The highest BCUT2D eigenvalue weighted by Gasteiger charge is 2.12. The summed E-state index contributed by atoms with van der Waals surface area (Å²) in [5.41, 5.74) is 2.86. The highest BCUT2D eigenvalue weighted by Crippen LogP contribution is 2.18. The summed E-state index contributed by atoms with van der Waals surface area (Å²) in [6.45, 7) is 5.81. The second-order valence-electron chi connectivity index (χ2n) is 5.11. The quantitative estimate of drug-likeness (QED) is 0.506. The van der Waals surface area contributed by atoms with Crippen LogP contribution in [-0.2, 0) is 4.74 Å². The molecule has 0 unspecified atom stereocenters. The van der Waals surface area contributed by atoms with Gasteiger partial charge in [-0.2, -0.15) is 0 Å². The molecule has 0 saturated heterocycles. The van der Waals surface area contributed by atoms with Crippen LogP contribution in [0.4, 0.5) is 0 Å². The van der Waals surface area contributed by atoms with E-state index in [4.69, 9.17) is 9.47 Å². The van der Waals surface area contributed by atoms with Crippen LogP contribution in [0, 0.1) is 13.8 Å². The molecule has 1 aromatic heterocycles. The van der Waals surface area contributed by atoms with Crippen LogP contribution in [0.2, 0.25) is 0 Å². The summed E-state index contributed by atoms with van der Waals surface area (Å²) in [5.74, 6) is 0.181. The Morgan fingerprint density at radius 2 is 1.91 bits per heavy atom. The van der Waals surface area contributed by atoms with Crippen LogP contribution in [0.15, 0.2) is 30.5 Å². The second kappa shape index (κ2) is 6.93. The molecule has 0 atom stereocenters. The van der Waals surface area contributed by atoms with E-state index in [2.05, 4.69) is 4.98 Å². The zero-order valence-corrected chi connectivity index (χ0v) is 12.9. The van der Waals surface area contributed by atoms with E-state index >= 15 is 0 Å². The number of hydrogen-bond acceptors (Lipinski definition) is 4. The van der Waals surface area contributed by atoms with Gasteiger partial charge in [-0.3, -0.25) is 4.79 Å². The van der Waals surface area contributed by atoms with Crippen molar-refractivity contribution in [2.75, 3.05) is 13.2 Å². The van der Waals surface area contributed by atoms with Gasteiger partial charge in [-0.15, -0.1) is 0 Å². The fourth-order valence-electron chi connectivity index (χ4n) is 1.94. The molecule has 0 spiro atoms. The molecule has 1 N–H and O–H groups in total. The minimum atomic E-state index is -0.503. The molecule has 5 nitrogen and oxygen atoms in total. The van der Waals surface area contributed by atoms with Gasteiger partial charge in [0.05, 0.1) is 0 Å². The topological polar surface area (TPSA) is 68.4 Å². The number of aromatic amines is 1. The number of carbonyl (C=O) groups is 2. The number of aryl methyl sites for hydroxylation is 2. The SMILES string of the molecule is CC(=O)c1c[nH]c(C(=O)OCCOc2cc(C)ccc2C)c1. The van der Waals surface area contributed by atoms with E-state index in [9.17, 15) is 9.59 Å². The van der Waals surface area contributed by atoms with Crippen LogP contribution >= 0.6 is 0 Å². The fraction of sp³-hybridized carbons (Fsp3) is 0.294. The number of Topliss-reactive ketones (excluding diaryl/α,β-unsaturated/α-hetero) is 1. The Bertz CT molecular complexity index is 688. The monoisotopic (exact) mass is 301 g/mol. The largest absolute Gasteiger partial charge is 0.490 e. The number of ketones is 1. The average Bonchev–Trinajstić information content (AvgIpc) is 2.97. The third kappa shape index (κ3) is 3.97. The summed E-state index contributed by atoms with van der Waals surface area (Å²) < 4.78 is 10.7. The van der Waals surface area contributed by atoms with Crippen LogP contribution in [0.25, 0.3) is 0 Å². The van der Waals surface area contributed by atoms with Crippen molar-refractivity contribution in [2.24, 2.45) is 0 Å². The van der Waals surface area contributed by atoms with Crippen molar-refractivity contribution in [3.63, 3.8) is 0 Å². The van der Waals surface area contributed by atoms with E-state index in [1.165, 1.54) is 19.2 Å². The van der Waals surface area contributed by atoms with Gasteiger partial charge in [0, 0.05) is 11.8 Å². The van der Waals surface area contributed by atoms with Gasteiger partial charge >= 0.3 is 5.97 Å². The molecule has 0 bridgehead atoms. The molecule has 5 heteroatoms. The number of esters is 1. The lowest BCUT2D eigenvalue weighted by Crippen LogP contribution is -2.13. The van der Waals surface area contributed by atoms with Gasteiger partial charge < -0.3 is 14.5 Å². The predicted molar refractivity (Wildman–Crippen MR) is 82.5 cm³/mol. The fourth-order valence-corrected chi connectivity index (χ4v) is 1.94. The van der Waals surface area contributed by atoms with Crippen LogP contribution in [0.5, 0.6) is 5.75 Å². The molecule has 0 fully saturated rings. The first-order valence-electron chi connectivity index (χ1n) is 7.04. The number of aromatic nitrogens is 1. The number of carbonyl (C=O) groups excluding carboxylic acids is 2. The summed E-state index contributed by atoms with van der Waals surface area (Å²) in [4.78, 5) is 25.7. The van der Waals surface area contributed by atoms with Crippen molar-refractivity contribution in [3.05, 3.63) is 52.8 Å². The zero-order valence-electron chi connectivity index (χ0n) is 12.9. The smallest absolute Gasteiger partial charge is 0.354 e. The summed E-state index contributed by atoms with van der Waals surface area (Å²) in [6, 6.07) is 7.43.